The van der Waals surface area contributed by atoms with Crippen molar-refractivity contribution in [1.82, 2.24) is 14.5 Å². The minimum absolute atomic E-state index is 0.113. The van der Waals surface area contributed by atoms with E-state index >= 15 is 0 Å². The first-order chi connectivity index (χ1) is 12.9. The van der Waals surface area contributed by atoms with Gasteiger partial charge in [0, 0.05) is 20.2 Å². The summed E-state index contributed by atoms with van der Waals surface area (Å²) >= 11 is 0. The number of ether oxygens (including phenoxy) is 1. The Morgan fingerprint density at radius 3 is 2.89 bits per heavy atom. The summed E-state index contributed by atoms with van der Waals surface area (Å²) < 4.78 is 21.5. The number of aryl methyl sites for hydroxylation is 1. The smallest absolute Gasteiger partial charge is 0.407 e. The van der Waals surface area contributed by atoms with Gasteiger partial charge in [-0.1, -0.05) is 12.1 Å². The lowest BCUT2D eigenvalue weighted by atomic mass is 9.71. The second kappa shape index (κ2) is 6.99. The Labute approximate surface area is 155 Å². The van der Waals surface area contributed by atoms with Crippen molar-refractivity contribution in [3.05, 3.63) is 34.2 Å². The molecule has 146 valence electrons. The fraction of sp³-hybridized carbons (Fsp3) is 0.579. The fourth-order valence-electron chi connectivity index (χ4n) is 4.30. The third-order valence-electron chi connectivity index (χ3n) is 5.92. The van der Waals surface area contributed by atoms with E-state index in [2.05, 4.69) is 11.1 Å². The molecule has 2 aliphatic rings. The second-order valence-electron chi connectivity index (χ2n) is 7.67. The maximum absolute atomic E-state index is 14.1. The largest absolute Gasteiger partial charge is 0.465 e. The SMILES string of the molecule is Cn1c(=O)[nH]c2cccc(C3CC(CO[C@@H]4CCN(C(=O)O)C[C@@H]4F)C3)c21. The number of fused-ring (bicyclic) bond motifs is 1. The molecule has 1 aliphatic heterocycles. The standard InChI is InChI=1S/C19H24FN3O4/c1-22-17-13(3-2-4-15(17)21-18(22)24)12-7-11(8-12)10-27-16-5-6-23(19(25)26)9-14(16)20/h2-4,11-12,14,16H,5-10H2,1H3,(H,21,24)(H,25,26)/t11?,12?,14-,16+/m0/s1. The predicted molar refractivity (Wildman–Crippen MR) is 97.9 cm³/mol. The molecule has 2 heterocycles. The summed E-state index contributed by atoms with van der Waals surface area (Å²) in [5.74, 6) is 0.740. The van der Waals surface area contributed by atoms with E-state index in [0.717, 1.165) is 28.8 Å². The lowest BCUT2D eigenvalue weighted by Gasteiger charge is -2.38. The molecule has 2 aromatic rings. The van der Waals surface area contributed by atoms with Gasteiger partial charge < -0.3 is 19.7 Å². The third-order valence-corrected chi connectivity index (χ3v) is 5.92. The Kier molecular flexibility index (Phi) is 4.67. The number of imidazole rings is 1. The van der Waals surface area contributed by atoms with E-state index in [1.165, 1.54) is 5.56 Å². The number of nitrogens with one attached hydrogen (secondary N) is 1. The topological polar surface area (TPSA) is 87.6 Å². The van der Waals surface area contributed by atoms with E-state index in [-0.39, 0.29) is 12.2 Å². The molecule has 0 spiro atoms. The Bertz CT molecular complexity index is 902. The number of halogens is 1. The van der Waals surface area contributed by atoms with E-state index in [9.17, 15) is 14.0 Å². The van der Waals surface area contributed by atoms with Gasteiger partial charge in [-0.25, -0.2) is 14.0 Å². The molecule has 27 heavy (non-hydrogen) atoms. The number of aromatic nitrogens is 2. The molecule has 0 unspecified atom stereocenters. The van der Waals surface area contributed by atoms with Gasteiger partial charge in [0.1, 0.15) is 6.17 Å². The molecule has 1 aliphatic carbocycles. The summed E-state index contributed by atoms with van der Waals surface area (Å²) in [5, 5.41) is 8.94. The number of carbonyl (C=O) groups is 1. The number of nitrogens with zero attached hydrogens (tertiary/aromatic N) is 2. The monoisotopic (exact) mass is 377 g/mol. The molecule has 1 saturated heterocycles. The molecule has 2 N–H and O–H groups in total. The molecular formula is C19H24FN3O4. The number of H-pyrrole nitrogens is 1. The van der Waals surface area contributed by atoms with Crippen LogP contribution in [-0.2, 0) is 11.8 Å². The summed E-state index contributed by atoms with van der Waals surface area (Å²) in [5.41, 5.74) is 2.86. The quantitative estimate of drug-likeness (QED) is 0.857. The normalized spacial score (nSPS) is 28.3. The van der Waals surface area contributed by atoms with Gasteiger partial charge in [0.2, 0.25) is 0 Å². The number of aromatic amines is 1. The number of piperidine rings is 1. The molecule has 2 atom stereocenters. The molecule has 1 aromatic carbocycles. The second-order valence-corrected chi connectivity index (χ2v) is 7.67. The number of alkyl halides is 1. The summed E-state index contributed by atoms with van der Waals surface area (Å²) in [7, 11) is 1.77. The molecule has 1 amide bonds. The van der Waals surface area contributed by atoms with Crippen LogP contribution < -0.4 is 5.69 Å². The van der Waals surface area contributed by atoms with Crippen LogP contribution in [-0.4, -0.2) is 57.6 Å². The van der Waals surface area contributed by atoms with E-state index in [1.54, 1.807) is 11.6 Å². The predicted octanol–water partition coefficient (Wildman–Crippen LogP) is 2.47. The van der Waals surface area contributed by atoms with E-state index in [4.69, 9.17) is 9.84 Å². The number of rotatable bonds is 4. The van der Waals surface area contributed by atoms with Gasteiger partial charge in [-0.15, -0.1) is 0 Å². The summed E-state index contributed by atoms with van der Waals surface area (Å²) in [4.78, 5) is 26.7. The summed E-state index contributed by atoms with van der Waals surface area (Å²) in [6.45, 7) is 0.699. The highest BCUT2D eigenvalue weighted by Gasteiger charge is 2.36. The Morgan fingerprint density at radius 1 is 1.41 bits per heavy atom. The molecular weight excluding hydrogens is 353 g/mol. The van der Waals surface area contributed by atoms with Crippen LogP contribution in [0.15, 0.2) is 23.0 Å². The van der Waals surface area contributed by atoms with Crippen molar-refractivity contribution in [3.8, 4) is 0 Å². The highest BCUT2D eigenvalue weighted by Crippen LogP contribution is 2.43. The zero-order valence-corrected chi connectivity index (χ0v) is 15.2. The molecule has 4 rings (SSSR count). The summed E-state index contributed by atoms with van der Waals surface area (Å²) in [6, 6.07) is 5.93. The molecule has 7 nitrogen and oxygen atoms in total. The number of amides is 1. The maximum atomic E-state index is 14.1. The van der Waals surface area contributed by atoms with Gasteiger partial charge in [-0.3, -0.25) is 4.57 Å². The number of hydrogen-bond donors (Lipinski definition) is 2. The molecule has 8 heteroatoms. The first kappa shape index (κ1) is 18.0. The average Bonchev–Trinajstić information content (AvgIpc) is 2.89. The van der Waals surface area contributed by atoms with Crippen LogP contribution in [0.5, 0.6) is 0 Å². The van der Waals surface area contributed by atoms with Crippen LogP contribution in [0.25, 0.3) is 11.0 Å². The Morgan fingerprint density at radius 2 is 2.19 bits per heavy atom. The lowest BCUT2D eigenvalue weighted by molar-refractivity contribution is -0.0632. The lowest BCUT2D eigenvalue weighted by Crippen LogP contribution is -2.48. The van der Waals surface area contributed by atoms with Crippen LogP contribution in [0, 0.1) is 5.92 Å². The molecule has 1 saturated carbocycles. The van der Waals surface area contributed by atoms with Crippen LogP contribution in [0.1, 0.15) is 30.7 Å². The minimum atomic E-state index is -1.27. The van der Waals surface area contributed by atoms with Crippen LogP contribution in [0.4, 0.5) is 9.18 Å². The van der Waals surface area contributed by atoms with Crippen molar-refractivity contribution < 1.29 is 19.0 Å². The number of carboxylic acid groups (broad SMARTS) is 1. The van der Waals surface area contributed by atoms with Gasteiger partial charge >= 0.3 is 11.8 Å². The van der Waals surface area contributed by atoms with Gasteiger partial charge in [0.15, 0.2) is 0 Å². The molecule has 0 bridgehead atoms. The first-order valence-corrected chi connectivity index (χ1v) is 9.35. The maximum Gasteiger partial charge on any atom is 0.407 e. The van der Waals surface area contributed by atoms with E-state index in [0.29, 0.717) is 31.4 Å². The van der Waals surface area contributed by atoms with Crippen LogP contribution in [0.2, 0.25) is 0 Å². The molecule has 2 fully saturated rings. The van der Waals surface area contributed by atoms with Crippen LogP contribution >= 0.6 is 0 Å². The first-order valence-electron chi connectivity index (χ1n) is 9.35. The minimum Gasteiger partial charge on any atom is -0.465 e. The van der Waals surface area contributed by atoms with Crippen molar-refractivity contribution in [2.45, 2.75) is 37.5 Å². The van der Waals surface area contributed by atoms with Crippen molar-refractivity contribution in [2.75, 3.05) is 19.7 Å². The van der Waals surface area contributed by atoms with Gasteiger partial charge in [-0.2, -0.15) is 0 Å². The zero-order chi connectivity index (χ0) is 19.1. The number of hydrogen-bond acceptors (Lipinski definition) is 3. The molecule has 1 aromatic heterocycles. The van der Waals surface area contributed by atoms with Gasteiger partial charge in [0.05, 0.1) is 23.7 Å². The Balaban J connectivity index is 1.32. The van der Waals surface area contributed by atoms with Crippen molar-refractivity contribution in [3.63, 3.8) is 0 Å². The van der Waals surface area contributed by atoms with Crippen molar-refractivity contribution in [1.29, 1.82) is 0 Å². The van der Waals surface area contributed by atoms with Crippen molar-refractivity contribution >= 4 is 17.1 Å². The molecule has 0 radical (unpaired) electrons. The van der Waals surface area contributed by atoms with Crippen LogP contribution in [0.3, 0.4) is 0 Å². The van der Waals surface area contributed by atoms with Gasteiger partial charge in [-0.05, 0) is 42.7 Å². The zero-order valence-electron chi connectivity index (χ0n) is 15.2. The Hall–Kier alpha value is -2.35. The highest BCUT2D eigenvalue weighted by molar-refractivity contribution is 5.79. The van der Waals surface area contributed by atoms with Gasteiger partial charge in [0.25, 0.3) is 0 Å². The van der Waals surface area contributed by atoms with Crippen molar-refractivity contribution in [2.24, 2.45) is 13.0 Å². The third kappa shape index (κ3) is 3.34. The summed E-state index contributed by atoms with van der Waals surface area (Å²) in [6.07, 6.45) is -0.574. The number of para-hydroxylation sites is 1. The highest BCUT2D eigenvalue weighted by atomic mass is 19.1. The average molecular weight is 377 g/mol. The van der Waals surface area contributed by atoms with E-state index in [1.807, 2.05) is 12.1 Å². The number of benzene rings is 1. The number of likely N-dealkylation sites (tertiary alicyclic amines) is 1. The fourth-order valence-corrected chi connectivity index (χ4v) is 4.30. The van der Waals surface area contributed by atoms with E-state index < -0.39 is 18.4 Å².